The van der Waals surface area contributed by atoms with Crippen molar-refractivity contribution in [3.8, 4) is 11.8 Å². The molecule has 1 fully saturated rings. The lowest BCUT2D eigenvalue weighted by atomic mass is 9.95. The zero-order valence-corrected chi connectivity index (χ0v) is 15.9. The van der Waals surface area contributed by atoms with Crippen LogP contribution in [0.2, 0.25) is 5.02 Å². The van der Waals surface area contributed by atoms with Crippen LogP contribution in [-0.2, 0) is 4.79 Å². The maximum atomic E-state index is 12.5. The molecule has 0 radical (unpaired) electrons. The zero-order chi connectivity index (χ0) is 22.1. The molecule has 3 amide bonds. The van der Waals surface area contributed by atoms with E-state index < -0.39 is 36.1 Å². The Kier molecular flexibility index (Phi) is 5.75. The second-order valence-electron chi connectivity index (χ2n) is 6.43. The highest BCUT2D eigenvalue weighted by Gasteiger charge is 2.38. The van der Waals surface area contributed by atoms with Crippen molar-refractivity contribution < 1.29 is 27.5 Å². The van der Waals surface area contributed by atoms with Gasteiger partial charge in [0.05, 0.1) is 23.2 Å². The Labute approximate surface area is 173 Å². The number of nitriles is 1. The monoisotopic (exact) mass is 438 g/mol. The number of carbonyl (C=O) groups is 2. The molecule has 156 valence electrons. The molecular formula is C19H14ClF3N4O3. The maximum absolute atomic E-state index is 12.5. The summed E-state index contributed by atoms with van der Waals surface area (Å²) in [4.78, 5) is 25.3. The van der Waals surface area contributed by atoms with Gasteiger partial charge in [-0.15, -0.1) is 13.2 Å². The summed E-state index contributed by atoms with van der Waals surface area (Å²) in [6, 6.07) is 9.05. The number of rotatable bonds is 5. The number of carbonyl (C=O) groups excluding carboxylic acids is 2. The highest BCUT2D eigenvalue weighted by molar-refractivity contribution is 6.31. The van der Waals surface area contributed by atoms with Crippen molar-refractivity contribution in [1.82, 2.24) is 10.2 Å². The predicted octanol–water partition coefficient (Wildman–Crippen LogP) is 3.08. The van der Waals surface area contributed by atoms with Crippen LogP contribution in [0.4, 0.5) is 18.0 Å². The number of primary amides is 1. The lowest BCUT2D eigenvalue weighted by molar-refractivity contribution is -0.274. The molecular weight excluding hydrogens is 425 g/mol. The third kappa shape index (κ3) is 4.58. The Hall–Kier alpha value is -3.45. The average molecular weight is 439 g/mol. The smallest absolute Gasteiger partial charge is 0.406 e. The fourth-order valence-electron chi connectivity index (χ4n) is 3.14. The average Bonchev–Trinajstić information content (AvgIpc) is 3.05. The standard InChI is InChI=1S/C19H14ClF3N4O3/c20-14-6-3-11(7-12(14)8-24)16(27-9-15(17(25)28)26-18(27)29)10-1-4-13(5-2-10)30-19(21,22)23/h1-7,15-16H,9H2,(H2,25,28)(H,26,29)/t15?,16-/m0/s1. The first-order valence-corrected chi connectivity index (χ1v) is 8.88. The molecule has 1 aliphatic rings. The van der Waals surface area contributed by atoms with E-state index in [0.29, 0.717) is 11.1 Å². The van der Waals surface area contributed by atoms with Gasteiger partial charge in [-0.3, -0.25) is 4.79 Å². The van der Waals surface area contributed by atoms with Crippen LogP contribution in [0.15, 0.2) is 42.5 Å². The zero-order valence-electron chi connectivity index (χ0n) is 15.1. The van der Waals surface area contributed by atoms with Gasteiger partial charge in [-0.1, -0.05) is 29.8 Å². The summed E-state index contributed by atoms with van der Waals surface area (Å²) in [6.45, 7) is -0.0653. The summed E-state index contributed by atoms with van der Waals surface area (Å²) in [5.74, 6) is -1.16. The Morgan fingerprint density at radius 2 is 1.90 bits per heavy atom. The van der Waals surface area contributed by atoms with Gasteiger partial charge in [-0.25, -0.2) is 4.79 Å². The number of urea groups is 1. The molecule has 0 saturated carbocycles. The van der Waals surface area contributed by atoms with Gasteiger partial charge in [0, 0.05) is 0 Å². The molecule has 1 saturated heterocycles. The number of nitrogens with two attached hydrogens (primary N) is 1. The van der Waals surface area contributed by atoms with Crippen molar-refractivity contribution in [1.29, 1.82) is 5.26 Å². The maximum Gasteiger partial charge on any atom is 0.573 e. The number of nitrogens with zero attached hydrogens (tertiary/aromatic N) is 2. The van der Waals surface area contributed by atoms with Gasteiger partial charge in [0.2, 0.25) is 5.91 Å². The third-order valence-electron chi connectivity index (χ3n) is 4.45. The van der Waals surface area contributed by atoms with Gasteiger partial charge in [0.25, 0.3) is 0 Å². The Balaban J connectivity index is 2.03. The molecule has 7 nitrogen and oxygen atoms in total. The van der Waals surface area contributed by atoms with Crippen LogP contribution in [0.5, 0.6) is 5.75 Å². The van der Waals surface area contributed by atoms with E-state index in [0.717, 1.165) is 12.1 Å². The molecule has 3 rings (SSSR count). The fourth-order valence-corrected chi connectivity index (χ4v) is 3.30. The first kappa shape index (κ1) is 21.3. The number of benzene rings is 2. The van der Waals surface area contributed by atoms with E-state index in [-0.39, 0.29) is 17.1 Å². The summed E-state index contributed by atoms with van der Waals surface area (Å²) in [5.41, 5.74) is 6.33. The van der Waals surface area contributed by atoms with E-state index in [2.05, 4.69) is 10.1 Å². The molecule has 0 bridgehead atoms. The van der Waals surface area contributed by atoms with Crippen LogP contribution in [0.3, 0.4) is 0 Å². The number of hydrogen-bond acceptors (Lipinski definition) is 4. The van der Waals surface area contributed by atoms with E-state index in [1.807, 2.05) is 6.07 Å². The number of ether oxygens (including phenoxy) is 1. The molecule has 1 heterocycles. The topological polar surface area (TPSA) is 108 Å². The highest BCUT2D eigenvalue weighted by atomic mass is 35.5. The fraction of sp³-hybridized carbons (Fsp3) is 0.211. The summed E-state index contributed by atoms with van der Waals surface area (Å²) in [7, 11) is 0. The molecule has 0 aliphatic carbocycles. The van der Waals surface area contributed by atoms with Crippen molar-refractivity contribution in [3.63, 3.8) is 0 Å². The third-order valence-corrected chi connectivity index (χ3v) is 4.78. The largest absolute Gasteiger partial charge is 0.573 e. The van der Waals surface area contributed by atoms with Crippen LogP contribution in [0, 0.1) is 11.3 Å². The Morgan fingerprint density at radius 1 is 1.27 bits per heavy atom. The van der Waals surface area contributed by atoms with E-state index in [4.69, 9.17) is 17.3 Å². The van der Waals surface area contributed by atoms with Crippen molar-refractivity contribution in [3.05, 3.63) is 64.2 Å². The summed E-state index contributed by atoms with van der Waals surface area (Å²) in [6.07, 6.45) is -4.84. The van der Waals surface area contributed by atoms with Crippen LogP contribution >= 0.6 is 11.6 Å². The summed E-state index contributed by atoms with van der Waals surface area (Å²) < 4.78 is 41.2. The molecule has 2 aromatic carbocycles. The molecule has 2 atom stereocenters. The van der Waals surface area contributed by atoms with Crippen molar-refractivity contribution in [2.45, 2.75) is 18.4 Å². The van der Waals surface area contributed by atoms with Gasteiger partial charge in [0.1, 0.15) is 17.9 Å². The number of halogens is 4. The lowest BCUT2D eigenvalue weighted by Crippen LogP contribution is -2.39. The molecule has 11 heteroatoms. The SMILES string of the molecule is N#Cc1cc([C@H](c2ccc(OC(F)(F)F)cc2)N2CC(C(N)=O)NC2=O)ccc1Cl. The number of amides is 3. The van der Waals surface area contributed by atoms with Crippen molar-refractivity contribution >= 4 is 23.5 Å². The van der Waals surface area contributed by atoms with E-state index >= 15 is 0 Å². The summed E-state index contributed by atoms with van der Waals surface area (Å²) in [5, 5.41) is 11.9. The minimum atomic E-state index is -4.84. The van der Waals surface area contributed by atoms with Crippen molar-refractivity contribution in [2.24, 2.45) is 5.73 Å². The van der Waals surface area contributed by atoms with E-state index in [1.54, 1.807) is 6.07 Å². The molecule has 1 aliphatic heterocycles. The number of hydrogen-bond donors (Lipinski definition) is 2. The second-order valence-corrected chi connectivity index (χ2v) is 6.83. The molecule has 1 unspecified atom stereocenters. The van der Waals surface area contributed by atoms with Gasteiger partial charge >= 0.3 is 12.4 Å². The Bertz CT molecular complexity index is 1020. The second kappa shape index (κ2) is 8.12. The molecule has 0 spiro atoms. The number of nitrogens with one attached hydrogen (secondary N) is 1. The normalized spacial score (nSPS) is 17.2. The van der Waals surface area contributed by atoms with Gasteiger partial charge in [0.15, 0.2) is 0 Å². The van der Waals surface area contributed by atoms with Gasteiger partial charge in [-0.05, 0) is 35.4 Å². The predicted molar refractivity (Wildman–Crippen MR) is 99.4 cm³/mol. The van der Waals surface area contributed by atoms with Gasteiger partial charge in [-0.2, -0.15) is 5.26 Å². The van der Waals surface area contributed by atoms with Crippen LogP contribution in [0.25, 0.3) is 0 Å². The minimum Gasteiger partial charge on any atom is -0.406 e. The quantitative estimate of drug-likeness (QED) is 0.747. The molecule has 0 aromatic heterocycles. The lowest BCUT2D eigenvalue weighted by Gasteiger charge is -2.28. The van der Waals surface area contributed by atoms with Crippen LogP contribution in [0.1, 0.15) is 22.7 Å². The van der Waals surface area contributed by atoms with Crippen LogP contribution < -0.4 is 15.8 Å². The molecule has 2 aromatic rings. The van der Waals surface area contributed by atoms with E-state index in [9.17, 15) is 28.0 Å². The van der Waals surface area contributed by atoms with Crippen molar-refractivity contribution in [2.75, 3.05) is 6.54 Å². The first-order valence-electron chi connectivity index (χ1n) is 8.51. The first-order chi connectivity index (χ1) is 14.1. The Morgan fingerprint density at radius 3 is 2.43 bits per heavy atom. The molecule has 30 heavy (non-hydrogen) atoms. The molecule has 3 N–H and O–H groups in total. The van der Waals surface area contributed by atoms with Gasteiger partial charge < -0.3 is 20.7 Å². The minimum absolute atomic E-state index is 0.0653. The number of alkyl halides is 3. The summed E-state index contributed by atoms with van der Waals surface area (Å²) >= 11 is 5.98. The highest BCUT2D eigenvalue weighted by Crippen LogP contribution is 2.34. The van der Waals surface area contributed by atoms with Crippen LogP contribution in [-0.4, -0.2) is 35.8 Å². The van der Waals surface area contributed by atoms with E-state index in [1.165, 1.54) is 29.2 Å².